The molecule has 32 heavy (non-hydrogen) atoms. The van der Waals surface area contributed by atoms with Crippen molar-refractivity contribution in [3.63, 3.8) is 0 Å². The Morgan fingerprint density at radius 3 is 2.50 bits per heavy atom. The average molecular weight is 436 g/mol. The monoisotopic (exact) mass is 436 g/mol. The van der Waals surface area contributed by atoms with Crippen LogP contribution < -0.4 is 5.32 Å². The molecule has 1 fully saturated rings. The first-order chi connectivity index (χ1) is 15.4. The Morgan fingerprint density at radius 2 is 1.72 bits per heavy atom. The molecule has 4 rings (SSSR count). The Balaban J connectivity index is 1.38. The van der Waals surface area contributed by atoms with Crippen molar-refractivity contribution in [3.05, 3.63) is 83.9 Å². The summed E-state index contributed by atoms with van der Waals surface area (Å²) in [6, 6.07) is 21.0. The minimum absolute atomic E-state index is 0.0520. The molecule has 2 amide bonds. The van der Waals surface area contributed by atoms with Gasteiger partial charge in [-0.1, -0.05) is 54.6 Å². The van der Waals surface area contributed by atoms with Crippen molar-refractivity contribution < 1.29 is 29.7 Å². The van der Waals surface area contributed by atoms with Gasteiger partial charge in [-0.15, -0.1) is 0 Å². The summed E-state index contributed by atoms with van der Waals surface area (Å²) in [7, 11) is 0. The van der Waals surface area contributed by atoms with Crippen LogP contribution in [-0.2, 0) is 4.74 Å². The molecule has 0 bridgehead atoms. The topological polar surface area (TPSA) is 119 Å². The summed E-state index contributed by atoms with van der Waals surface area (Å²) in [6.07, 6.45) is -2.33. The third-order valence-electron chi connectivity index (χ3n) is 5.63. The molecule has 1 saturated heterocycles. The summed E-state index contributed by atoms with van der Waals surface area (Å²) < 4.78 is 5.48. The van der Waals surface area contributed by atoms with E-state index in [2.05, 4.69) is 5.32 Å². The highest BCUT2D eigenvalue weighted by Gasteiger charge is 2.49. The van der Waals surface area contributed by atoms with E-state index in [9.17, 15) is 25.0 Å². The number of nitrogens with zero attached hydrogens (tertiary/aromatic N) is 1. The second kappa shape index (κ2) is 9.05. The molecule has 3 aromatic carbocycles. The molecular formula is C24H24N2O6. The number of carbonyl (C=O) groups excluding carboxylic acids is 2. The first-order valence-electron chi connectivity index (χ1n) is 10.2. The zero-order chi connectivity index (χ0) is 22.7. The molecule has 1 heterocycles. The quantitative estimate of drug-likeness (QED) is 0.344. The van der Waals surface area contributed by atoms with Crippen LogP contribution >= 0.6 is 0 Å². The van der Waals surface area contributed by atoms with Gasteiger partial charge in [-0.2, -0.15) is 0 Å². The Kier molecular flexibility index (Phi) is 6.20. The third kappa shape index (κ3) is 4.35. The molecule has 0 saturated carbocycles. The van der Waals surface area contributed by atoms with Crippen molar-refractivity contribution in [2.75, 3.05) is 19.7 Å². The van der Waals surface area contributed by atoms with Crippen LogP contribution in [0.5, 0.6) is 0 Å². The molecule has 0 spiro atoms. The molecular weight excluding hydrogens is 412 g/mol. The zero-order valence-electron chi connectivity index (χ0n) is 17.2. The number of fused-ring (bicyclic) bond motifs is 1. The van der Waals surface area contributed by atoms with Crippen LogP contribution in [0, 0.1) is 0 Å². The maximum absolute atomic E-state index is 12.7. The number of nitrogens with one attached hydrogen (secondary N) is 1. The molecule has 0 aromatic heterocycles. The number of hydrogen-bond acceptors (Lipinski definition) is 6. The summed E-state index contributed by atoms with van der Waals surface area (Å²) in [5, 5.41) is 36.3. The van der Waals surface area contributed by atoms with Gasteiger partial charge < -0.3 is 20.3 Å². The first kappa shape index (κ1) is 21.9. The van der Waals surface area contributed by atoms with Gasteiger partial charge in [-0.05, 0) is 29.0 Å². The van der Waals surface area contributed by atoms with Gasteiger partial charge in [-0.3, -0.25) is 14.8 Å². The normalized spacial score (nSPS) is 22.6. The number of hydrogen-bond donors (Lipinski definition) is 4. The fourth-order valence-electron chi connectivity index (χ4n) is 3.86. The Labute approximate surface area is 184 Å². The molecule has 1 aliphatic rings. The molecule has 8 nitrogen and oxygen atoms in total. The van der Waals surface area contributed by atoms with Gasteiger partial charge in [0.15, 0.2) is 0 Å². The first-order valence-corrected chi connectivity index (χ1v) is 10.2. The molecule has 0 unspecified atom stereocenters. The Bertz CT molecular complexity index is 1120. The van der Waals surface area contributed by atoms with E-state index in [0.29, 0.717) is 10.6 Å². The van der Waals surface area contributed by atoms with Gasteiger partial charge >= 0.3 is 0 Å². The maximum atomic E-state index is 12.7. The van der Waals surface area contributed by atoms with Crippen molar-refractivity contribution in [3.8, 4) is 0 Å². The number of rotatable bonds is 6. The lowest BCUT2D eigenvalue weighted by molar-refractivity contribution is -0.133. The number of amides is 2. The molecule has 3 atom stereocenters. The maximum Gasteiger partial charge on any atom is 0.277 e. The van der Waals surface area contributed by atoms with Gasteiger partial charge in [0, 0.05) is 17.7 Å². The van der Waals surface area contributed by atoms with Crippen molar-refractivity contribution >= 4 is 22.6 Å². The highest BCUT2D eigenvalue weighted by Crippen LogP contribution is 2.26. The number of carbonyl (C=O) groups is 2. The van der Waals surface area contributed by atoms with E-state index in [1.165, 1.54) is 12.1 Å². The van der Waals surface area contributed by atoms with Gasteiger partial charge in [0.2, 0.25) is 0 Å². The van der Waals surface area contributed by atoms with Crippen LogP contribution in [0.15, 0.2) is 72.8 Å². The Morgan fingerprint density at radius 1 is 1.03 bits per heavy atom. The molecule has 8 heteroatoms. The molecule has 0 radical (unpaired) electrons. The molecule has 3 aromatic rings. The molecule has 166 valence electrons. The highest BCUT2D eigenvalue weighted by molar-refractivity contribution is 6.07. The van der Waals surface area contributed by atoms with Crippen LogP contribution in [0.25, 0.3) is 10.8 Å². The zero-order valence-corrected chi connectivity index (χ0v) is 17.2. The van der Waals surface area contributed by atoms with Gasteiger partial charge in [0.1, 0.15) is 17.8 Å². The standard InChI is InChI=1S/C24H24N2O6/c27-21-20(13-25-22(28)19-12-6-10-16-7-4-5-11-18(16)19)32-15-24(21,30)14-26(31)23(29)17-8-2-1-3-9-17/h1-12,20-21,27,30-31H,13-15H2,(H,25,28)/t20-,21-,24+/m1/s1. The van der Waals surface area contributed by atoms with E-state index in [1.807, 2.05) is 30.3 Å². The number of aliphatic hydroxyl groups excluding tert-OH is 1. The minimum atomic E-state index is -1.88. The largest absolute Gasteiger partial charge is 0.387 e. The fourth-order valence-corrected chi connectivity index (χ4v) is 3.86. The SMILES string of the molecule is O=C(NC[C@H]1OC[C@@](O)(CN(O)C(=O)c2ccccc2)[C@@H]1O)c1cccc2ccccc12. The highest BCUT2D eigenvalue weighted by atomic mass is 16.5. The van der Waals surface area contributed by atoms with E-state index >= 15 is 0 Å². The molecule has 0 aliphatic carbocycles. The average Bonchev–Trinajstić information content (AvgIpc) is 3.10. The summed E-state index contributed by atoms with van der Waals surface area (Å²) in [6.45, 7) is -0.901. The van der Waals surface area contributed by atoms with Crippen molar-refractivity contribution in [1.29, 1.82) is 0 Å². The number of aliphatic hydroxyl groups is 2. The van der Waals surface area contributed by atoms with Crippen LogP contribution in [0.3, 0.4) is 0 Å². The third-order valence-corrected chi connectivity index (χ3v) is 5.63. The lowest BCUT2D eigenvalue weighted by Crippen LogP contribution is -2.54. The predicted octanol–water partition coefficient (Wildman–Crippen LogP) is 1.59. The van der Waals surface area contributed by atoms with Crippen molar-refractivity contribution in [2.24, 2.45) is 0 Å². The summed E-state index contributed by atoms with van der Waals surface area (Å²) in [5.41, 5.74) is -1.15. The summed E-state index contributed by atoms with van der Waals surface area (Å²) in [4.78, 5) is 25.0. The smallest absolute Gasteiger partial charge is 0.277 e. The minimum Gasteiger partial charge on any atom is -0.387 e. The number of benzene rings is 3. The second-order valence-electron chi connectivity index (χ2n) is 7.86. The summed E-state index contributed by atoms with van der Waals surface area (Å²) in [5.74, 6) is -1.05. The number of ether oxygens (including phenoxy) is 1. The Hall–Kier alpha value is -3.30. The molecule has 1 aliphatic heterocycles. The van der Waals surface area contributed by atoms with E-state index in [0.717, 1.165) is 10.8 Å². The van der Waals surface area contributed by atoms with Crippen LogP contribution in [-0.4, -0.2) is 69.8 Å². The lowest BCUT2D eigenvalue weighted by Gasteiger charge is -2.29. The van der Waals surface area contributed by atoms with Crippen LogP contribution in [0.1, 0.15) is 20.7 Å². The van der Waals surface area contributed by atoms with E-state index in [4.69, 9.17) is 4.74 Å². The van der Waals surface area contributed by atoms with E-state index in [1.54, 1.807) is 30.3 Å². The van der Waals surface area contributed by atoms with Gasteiger partial charge in [0.05, 0.1) is 13.2 Å². The van der Waals surface area contributed by atoms with E-state index in [-0.39, 0.29) is 24.6 Å². The van der Waals surface area contributed by atoms with Gasteiger partial charge in [-0.25, -0.2) is 5.06 Å². The lowest BCUT2D eigenvalue weighted by atomic mass is 9.96. The van der Waals surface area contributed by atoms with Crippen molar-refractivity contribution in [1.82, 2.24) is 10.4 Å². The van der Waals surface area contributed by atoms with E-state index < -0.39 is 30.3 Å². The second-order valence-corrected chi connectivity index (χ2v) is 7.86. The summed E-state index contributed by atoms with van der Waals surface area (Å²) >= 11 is 0. The fraction of sp³-hybridized carbons (Fsp3) is 0.250. The number of hydroxylamine groups is 2. The van der Waals surface area contributed by atoms with Crippen LogP contribution in [0.4, 0.5) is 0 Å². The van der Waals surface area contributed by atoms with Gasteiger partial charge in [0.25, 0.3) is 11.8 Å². The molecule has 4 N–H and O–H groups in total. The van der Waals surface area contributed by atoms with Crippen molar-refractivity contribution in [2.45, 2.75) is 17.8 Å². The van der Waals surface area contributed by atoms with Crippen LogP contribution in [0.2, 0.25) is 0 Å². The predicted molar refractivity (Wildman–Crippen MR) is 116 cm³/mol.